The van der Waals surface area contributed by atoms with Crippen molar-refractivity contribution in [1.82, 2.24) is 0 Å². The van der Waals surface area contributed by atoms with Crippen molar-refractivity contribution in [3.05, 3.63) is 35.4 Å². The Morgan fingerprint density at radius 2 is 1.09 bits per heavy atom. The van der Waals surface area contributed by atoms with Crippen molar-refractivity contribution < 1.29 is 8.78 Å². The second-order valence-corrected chi connectivity index (χ2v) is 8.00. The van der Waals surface area contributed by atoms with Crippen LogP contribution in [-0.4, -0.2) is 0 Å². The Labute approximate surface area is 140 Å². The average molecular weight is 322 g/mol. The van der Waals surface area contributed by atoms with E-state index in [1.165, 1.54) is 50.7 Å². The van der Waals surface area contributed by atoms with Crippen LogP contribution < -0.4 is 0 Å². The van der Waals surface area contributed by atoms with E-state index in [0.717, 1.165) is 36.2 Å². The molecule has 0 bridgehead atoms. The predicted octanol–water partition coefficient (Wildman–Crippen LogP) is 7.09. The summed E-state index contributed by atoms with van der Waals surface area (Å²) in [5, 5.41) is 0. The minimum Gasteiger partial charge on any atom is -0.204 e. The van der Waals surface area contributed by atoms with Crippen LogP contribution in [0, 0.1) is 29.4 Å². The summed E-state index contributed by atoms with van der Waals surface area (Å²) in [7, 11) is 0. The third-order valence-corrected chi connectivity index (χ3v) is 5.74. The van der Waals surface area contributed by atoms with Gasteiger partial charge in [-0.1, -0.05) is 65.4 Å². The van der Waals surface area contributed by atoms with Gasteiger partial charge in [0.05, 0.1) is 0 Å². The van der Waals surface area contributed by atoms with Crippen LogP contribution in [0.1, 0.15) is 83.6 Å². The lowest BCUT2D eigenvalue weighted by molar-refractivity contribution is 0.308. The Bertz CT molecular complexity index is 457. The van der Waals surface area contributed by atoms with Gasteiger partial charge in [-0.2, -0.15) is 0 Å². The van der Waals surface area contributed by atoms with Gasteiger partial charge in [-0.25, -0.2) is 8.78 Å². The summed E-state index contributed by atoms with van der Waals surface area (Å²) in [5.41, 5.74) is 0.959. The van der Waals surface area contributed by atoms with E-state index in [2.05, 4.69) is 20.8 Å². The van der Waals surface area contributed by atoms with Gasteiger partial charge in [0.25, 0.3) is 0 Å². The molecule has 0 atom stereocenters. The normalized spacial score (nSPS) is 31.2. The quantitative estimate of drug-likeness (QED) is 0.517. The molecule has 0 spiro atoms. The van der Waals surface area contributed by atoms with Crippen molar-refractivity contribution in [2.24, 2.45) is 17.8 Å². The highest BCUT2D eigenvalue weighted by Gasteiger charge is 2.20. The lowest BCUT2D eigenvalue weighted by Gasteiger charge is -2.26. The second kappa shape index (κ2) is 8.80. The Morgan fingerprint density at radius 1 is 0.652 bits per heavy atom. The van der Waals surface area contributed by atoms with Crippen LogP contribution >= 0.6 is 0 Å². The maximum absolute atomic E-state index is 13.0. The zero-order valence-electron chi connectivity index (χ0n) is 15.0. The third-order valence-electron chi connectivity index (χ3n) is 5.74. The first kappa shape index (κ1) is 18.4. The summed E-state index contributed by atoms with van der Waals surface area (Å²) in [5.74, 6) is 1.79. The molecule has 130 valence electrons. The first-order valence-corrected chi connectivity index (χ1v) is 9.40. The van der Waals surface area contributed by atoms with E-state index in [1.54, 1.807) is 6.07 Å². The molecule has 0 saturated heterocycles. The summed E-state index contributed by atoms with van der Waals surface area (Å²) in [6, 6.07) is 4.32. The van der Waals surface area contributed by atoms with Gasteiger partial charge in [-0.3, -0.25) is 0 Å². The van der Waals surface area contributed by atoms with Gasteiger partial charge >= 0.3 is 0 Å². The van der Waals surface area contributed by atoms with Crippen molar-refractivity contribution in [3.8, 4) is 0 Å². The minimum atomic E-state index is -0.747. The molecule has 2 fully saturated rings. The summed E-state index contributed by atoms with van der Waals surface area (Å²) in [4.78, 5) is 0. The average Bonchev–Trinajstić information content (AvgIpc) is 2.54. The smallest absolute Gasteiger partial charge is 0.159 e. The van der Waals surface area contributed by atoms with Crippen LogP contribution in [0.25, 0.3) is 0 Å². The van der Waals surface area contributed by atoms with Gasteiger partial charge in [0.2, 0.25) is 0 Å². The zero-order chi connectivity index (χ0) is 16.8. The number of rotatable bonds is 1. The Balaban J connectivity index is 0.000000203. The van der Waals surface area contributed by atoms with Crippen molar-refractivity contribution in [2.45, 2.75) is 78.1 Å². The van der Waals surface area contributed by atoms with Crippen LogP contribution in [-0.2, 0) is 0 Å². The Hall–Kier alpha value is -0.920. The van der Waals surface area contributed by atoms with E-state index in [0.29, 0.717) is 5.92 Å². The van der Waals surface area contributed by atoms with E-state index in [1.807, 2.05) is 0 Å². The fourth-order valence-electron chi connectivity index (χ4n) is 3.79. The molecule has 0 N–H and O–H groups in total. The van der Waals surface area contributed by atoms with Crippen LogP contribution in [0.2, 0.25) is 0 Å². The van der Waals surface area contributed by atoms with Crippen LogP contribution in [0.15, 0.2) is 18.2 Å². The number of halogens is 2. The van der Waals surface area contributed by atoms with Crippen molar-refractivity contribution in [2.75, 3.05) is 0 Å². The Morgan fingerprint density at radius 3 is 1.52 bits per heavy atom. The number of hydrogen-bond donors (Lipinski definition) is 0. The van der Waals surface area contributed by atoms with Gasteiger partial charge in [-0.15, -0.1) is 0 Å². The molecule has 0 nitrogen and oxygen atoms in total. The molecule has 1 aromatic carbocycles. The highest BCUT2D eigenvalue weighted by Crippen LogP contribution is 2.35. The maximum Gasteiger partial charge on any atom is 0.159 e. The van der Waals surface area contributed by atoms with E-state index >= 15 is 0 Å². The monoisotopic (exact) mass is 322 g/mol. The summed E-state index contributed by atoms with van der Waals surface area (Å²) < 4.78 is 25.8. The topological polar surface area (TPSA) is 0 Å². The summed E-state index contributed by atoms with van der Waals surface area (Å²) >= 11 is 0. The molecule has 2 heteroatoms. The first-order chi connectivity index (χ1) is 11.0. The highest BCUT2D eigenvalue weighted by atomic mass is 19.2. The van der Waals surface area contributed by atoms with Gasteiger partial charge in [0.15, 0.2) is 11.6 Å². The molecule has 0 radical (unpaired) electrons. The van der Waals surface area contributed by atoms with E-state index in [-0.39, 0.29) is 0 Å². The molecule has 0 amide bonds. The molecule has 2 saturated carbocycles. The molecule has 3 rings (SSSR count). The maximum atomic E-state index is 13.0. The third kappa shape index (κ3) is 5.90. The molecule has 23 heavy (non-hydrogen) atoms. The second-order valence-electron chi connectivity index (χ2n) is 8.00. The van der Waals surface area contributed by atoms with Gasteiger partial charge < -0.3 is 0 Å². The minimum absolute atomic E-state index is 0.427. The molecule has 2 aliphatic rings. The molecular weight excluding hydrogens is 290 g/mol. The van der Waals surface area contributed by atoms with E-state index in [9.17, 15) is 8.78 Å². The Kier molecular flexibility index (Phi) is 7.05. The van der Waals surface area contributed by atoms with Gasteiger partial charge in [-0.05, 0) is 54.2 Å². The SMILES string of the molecule is CC1CCC(C)CC1.CC1CCC(c2ccc(F)c(F)c2)CC1. The predicted molar refractivity (Wildman–Crippen MR) is 93.5 cm³/mol. The molecule has 0 heterocycles. The lowest BCUT2D eigenvalue weighted by atomic mass is 9.79. The van der Waals surface area contributed by atoms with Gasteiger partial charge in [0, 0.05) is 0 Å². The molecule has 0 unspecified atom stereocenters. The standard InChI is InChI=1S/C13H16F2.C8H16/c1-9-2-4-10(5-3-9)11-6-7-12(14)13(15)8-11;1-7-3-5-8(2)6-4-7/h6-10H,2-5H2,1H3;7-8H,3-6H2,1-2H3. The molecule has 0 aliphatic heterocycles. The lowest BCUT2D eigenvalue weighted by Crippen LogP contribution is -2.11. The molecule has 0 aromatic heterocycles. The van der Waals surface area contributed by atoms with Crippen molar-refractivity contribution in [3.63, 3.8) is 0 Å². The van der Waals surface area contributed by atoms with Crippen LogP contribution in [0.4, 0.5) is 8.78 Å². The van der Waals surface area contributed by atoms with Crippen LogP contribution in [0.5, 0.6) is 0 Å². The molecule has 1 aromatic rings. The first-order valence-electron chi connectivity index (χ1n) is 9.40. The number of benzene rings is 1. The highest BCUT2D eigenvalue weighted by molar-refractivity contribution is 5.22. The fourth-order valence-corrected chi connectivity index (χ4v) is 3.79. The largest absolute Gasteiger partial charge is 0.204 e. The van der Waals surface area contributed by atoms with Gasteiger partial charge in [0.1, 0.15) is 0 Å². The van der Waals surface area contributed by atoms with E-state index < -0.39 is 11.6 Å². The summed E-state index contributed by atoms with van der Waals surface area (Å²) in [6.07, 6.45) is 10.5. The fraction of sp³-hybridized carbons (Fsp3) is 0.714. The molecule has 2 aliphatic carbocycles. The van der Waals surface area contributed by atoms with Crippen molar-refractivity contribution >= 4 is 0 Å². The van der Waals surface area contributed by atoms with Crippen LogP contribution in [0.3, 0.4) is 0 Å². The van der Waals surface area contributed by atoms with E-state index in [4.69, 9.17) is 0 Å². The summed E-state index contributed by atoms with van der Waals surface area (Å²) in [6.45, 7) is 6.99. The zero-order valence-corrected chi connectivity index (χ0v) is 15.0. The molecular formula is C21H32F2. The van der Waals surface area contributed by atoms with Crippen molar-refractivity contribution in [1.29, 1.82) is 0 Å². The number of hydrogen-bond acceptors (Lipinski definition) is 0.